The van der Waals surface area contributed by atoms with Gasteiger partial charge in [-0.1, -0.05) is 0 Å². The van der Waals surface area contributed by atoms with Crippen LogP contribution in [0.25, 0.3) is 11.3 Å². The van der Waals surface area contributed by atoms with Crippen molar-refractivity contribution in [2.24, 2.45) is 0 Å². The van der Waals surface area contributed by atoms with Crippen LogP contribution in [-0.4, -0.2) is 40.5 Å². The van der Waals surface area contributed by atoms with Crippen LogP contribution in [0.2, 0.25) is 0 Å². The van der Waals surface area contributed by atoms with Crippen LogP contribution in [0.4, 0.5) is 4.39 Å². The van der Waals surface area contributed by atoms with Crippen LogP contribution in [0.1, 0.15) is 29.8 Å². The van der Waals surface area contributed by atoms with E-state index in [0.717, 1.165) is 17.0 Å². The van der Waals surface area contributed by atoms with Gasteiger partial charge in [0.25, 0.3) is 0 Å². The molecule has 2 N–H and O–H groups in total. The largest absolute Gasteiger partial charge is 0.485 e. The molecule has 0 unspecified atom stereocenters. The molecule has 2 aliphatic rings. The number of carbonyl (C=O) groups is 2. The number of rotatable bonds is 4. The van der Waals surface area contributed by atoms with Gasteiger partial charge in [0.1, 0.15) is 12.1 Å². The quantitative estimate of drug-likeness (QED) is 0.835. The van der Waals surface area contributed by atoms with Gasteiger partial charge in [0, 0.05) is 30.2 Å². The predicted molar refractivity (Wildman–Crippen MR) is 99.2 cm³/mol. The molecule has 146 valence electrons. The monoisotopic (exact) mass is 384 g/mol. The molecule has 7 nitrogen and oxygen atoms in total. The number of benzene rings is 1. The van der Waals surface area contributed by atoms with Gasteiger partial charge in [-0.3, -0.25) is 14.6 Å². The number of ether oxygens (including phenoxy) is 1. The summed E-state index contributed by atoms with van der Waals surface area (Å²) in [6.07, 6.45) is 2.65. The van der Waals surface area contributed by atoms with E-state index in [9.17, 15) is 14.0 Å². The van der Waals surface area contributed by atoms with E-state index in [1.54, 1.807) is 6.20 Å². The lowest BCUT2D eigenvalue weighted by atomic mass is 10.0. The van der Waals surface area contributed by atoms with Crippen molar-refractivity contribution in [2.45, 2.75) is 45.3 Å². The number of hydrogen-bond donors (Lipinski definition) is 2. The maximum absolute atomic E-state index is 14.6. The lowest BCUT2D eigenvalue weighted by molar-refractivity contribution is -0.126. The molecule has 3 heterocycles. The highest BCUT2D eigenvalue weighted by Gasteiger charge is 2.30. The van der Waals surface area contributed by atoms with Gasteiger partial charge in [0.05, 0.1) is 23.6 Å². The molecule has 8 heteroatoms. The minimum Gasteiger partial charge on any atom is -0.485 e. The first kappa shape index (κ1) is 18.3. The molecule has 2 aliphatic heterocycles. The summed E-state index contributed by atoms with van der Waals surface area (Å²) < 4.78 is 20.3. The molecule has 4 rings (SSSR count). The number of halogens is 1. The smallest absolute Gasteiger partial charge is 0.242 e. The number of nitrogens with one attached hydrogen (secondary N) is 2. The summed E-state index contributed by atoms with van der Waals surface area (Å²) in [6.45, 7) is 3.93. The molecular formula is C20H21FN4O3. The second kappa shape index (κ2) is 7.18. The first-order valence-electron chi connectivity index (χ1n) is 9.27. The third-order valence-corrected chi connectivity index (χ3v) is 5.02. The van der Waals surface area contributed by atoms with Crippen molar-refractivity contribution in [3.05, 3.63) is 41.1 Å². The lowest BCUT2D eigenvalue weighted by Gasteiger charge is -2.14. The van der Waals surface area contributed by atoms with Gasteiger partial charge < -0.3 is 15.4 Å². The third-order valence-electron chi connectivity index (χ3n) is 5.02. The zero-order valence-electron chi connectivity index (χ0n) is 15.7. The van der Waals surface area contributed by atoms with Crippen LogP contribution in [0, 0.1) is 19.7 Å². The minimum atomic E-state index is -0.498. The van der Waals surface area contributed by atoms with Crippen molar-refractivity contribution in [3.8, 4) is 17.0 Å². The minimum absolute atomic E-state index is 0.117. The second-order valence-electron chi connectivity index (χ2n) is 7.24. The number of aryl methyl sites for hydroxylation is 2. The van der Waals surface area contributed by atoms with Crippen molar-refractivity contribution < 1.29 is 18.7 Å². The zero-order valence-corrected chi connectivity index (χ0v) is 15.7. The van der Waals surface area contributed by atoms with E-state index in [-0.39, 0.29) is 30.2 Å². The topological polar surface area (TPSA) is 93.2 Å². The Labute approximate surface area is 161 Å². The Bertz CT molecular complexity index is 963. The summed E-state index contributed by atoms with van der Waals surface area (Å²) >= 11 is 0. The van der Waals surface area contributed by atoms with E-state index in [1.165, 1.54) is 6.07 Å². The predicted octanol–water partition coefficient (Wildman–Crippen LogP) is 1.60. The Morgan fingerprint density at radius 1 is 1.39 bits per heavy atom. The molecule has 0 radical (unpaired) electrons. The van der Waals surface area contributed by atoms with Crippen molar-refractivity contribution in [1.29, 1.82) is 0 Å². The Balaban J connectivity index is 1.46. The molecule has 0 spiro atoms. The summed E-state index contributed by atoms with van der Waals surface area (Å²) in [6, 6.07) is 2.78. The Morgan fingerprint density at radius 3 is 2.96 bits per heavy atom. The van der Waals surface area contributed by atoms with Crippen LogP contribution in [0.3, 0.4) is 0 Å². The molecule has 1 saturated heterocycles. The maximum atomic E-state index is 14.6. The molecule has 1 fully saturated rings. The first-order valence-corrected chi connectivity index (χ1v) is 9.27. The number of amides is 2. The van der Waals surface area contributed by atoms with Crippen molar-refractivity contribution >= 4 is 11.8 Å². The van der Waals surface area contributed by atoms with Gasteiger partial charge in [-0.2, -0.15) is 0 Å². The molecule has 1 aromatic heterocycles. The summed E-state index contributed by atoms with van der Waals surface area (Å²) in [5.41, 5.74) is 3.54. The van der Waals surface area contributed by atoms with Gasteiger partial charge in [-0.25, -0.2) is 9.37 Å². The number of carbonyl (C=O) groups excluding carboxylic acids is 2. The number of aromatic nitrogens is 2. The second-order valence-corrected chi connectivity index (χ2v) is 7.24. The summed E-state index contributed by atoms with van der Waals surface area (Å²) in [5.74, 6) is -0.589. The first-order chi connectivity index (χ1) is 13.4. The van der Waals surface area contributed by atoms with Crippen molar-refractivity contribution in [3.63, 3.8) is 0 Å². The van der Waals surface area contributed by atoms with E-state index in [1.807, 2.05) is 19.9 Å². The third kappa shape index (κ3) is 3.54. The molecule has 1 aromatic carbocycles. The summed E-state index contributed by atoms with van der Waals surface area (Å²) in [4.78, 5) is 32.1. The maximum Gasteiger partial charge on any atom is 0.242 e. The molecular weight excluding hydrogens is 363 g/mol. The van der Waals surface area contributed by atoms with Crippen LogP contribution in [-0.2, 0) is 16.0 Å². The SMILES string of the molecule is Cc1cnc(C)c(-c2cc(F)c3c(c2)C[C@H](CNC(=O)[C@@H]2CCC(=O)N2)O3)n1. The molecule has 28 heavy (non-hydrogen) atoms. The fourth-order valence-electron chi connectivity index (χ4n) is 3.60. The van der Waals surface area contributed by atoms with Crippen LogP contribution < -0.4 is 15.4 Å². The number of fused-ring (bicyclic) bond motifs is 1. The van der Waals surface area contributed by atoms with E-state index >= 15 is 0 Å². The average Bonchev–Trinajstić information content (AvgIpc) is 3.28. The van der Waals surface area contributed by atoms with E-state index in [0.29, 0.717) is 30.5 Å². The Morgan fingerprint density at radius 2 is 2.21 bits per heavy atom. The highest BCUT2D eigenvalue weighted by Crippen LogP contribution is 2.35. The Hall–Kier alpha value is -3.03. The van der Waals surface area contributed by atoms with Crippen molar-refractivity contribution in [1.82, 2.24) is 20.6 Å². The number of nitrogens with zero attached hydrogens (tertiary/aromatic N) is 2. The standard InChI is InChI=1S/C20H21FN4O3/c1-10-8-22-11(2)18(24-10)12-5-13-6-14(28-19(13)15(21)7-12)9-23-20(27)16-3-4-17(26)25-16/h5,7-8,14,16H,3-4,6,9H2,1-2H3,(H,23,27)(H,25,26)/t14-,16+/m1/s1. The normalized spacial score (nSPS) is 20.5. The van der Waals surface area contributed by atoms with Gasteiger partial charge in [0.2, 0.25) is 11.8 Å². The number of hydrogen-bond acceptors (Lipinski definition) is 5. The molecule has 0 bridgehead atoms. The van der Waals surface area contributed by atoms with Crippen LogP contribution in [0.5, 0.6) is 5.75 Å². The highest BCUT2D eigenvalue weighted by atomic mass is 19.1. The average molecular weight is 384 g/mol. The zero-order chi connectivity index (χ0) is 19.8. The molecule has 2 amide bonds. The van der Waals surface area contributed by atoms with Crippen LogP contribution in [0.15, 0.2) is 18.3 Å². The van der Waals surface area contributed by atoms with Gasteiger partial charge in [-0.15, -0.1) is 0 Å². The molecule has 0 aliphatic carbocycles. The molecule has 2 aromatic rings. The lowest BCUT2D eigenvalue weighted by Crippen LogP contribution is -2.44. The molecule has 2 atom stereocenters. The summed E-state index contributed by atoms with van der Waals surface area (Å²) in [7, 11) is 0. The van der Waals surface area contributed by atoms with E-state index in [2.05, 4.69) is 20.6 Å². The molecule has 0 saturated carbocycles. The fraction of sp³-hybridized carbons (Fsp3) is 0.400. The van der Waals surface area contributed by atoms with Gasteiger partial charge in [0.15, 0.2) is 11.6 Å². The highest BCUT2D eigenvalue weighted by molar-refractivity contribution is 5.90. The van der Waals surface area contributed by atoms with Gasteiger partial charge >= 0.3 is 0 Å². The Kier molecular flexibility index (Phi) is 4.70. The van der Waals surface area contributed by atoms with Gasteiger partial charge in [-0.05, 0) is 32.4 Å². The summed E-state index contributed by atoms with van der Waals surface area (Å²) in [5, 5.41) is 5.41. The van der Waals surface area contributed by atoms with Crippen molar-refractivity contribution in [2.75, 3.05) is 6.54 Å². The van der Waals surface area contributed by atoms with E-state index in [4.69, 9.17) is 4.74 Å². The van der Waals surface area contributed by atoms with E-state index < -0.39 is 11.9 Å². The fourth-order valence-corrected chi connectivity index (χ4v) is 3.60. The van der Waals surface area contributed by atoms with Crippen LogP contribution >= 0.6 is 0 Å².